The van der Waals surface area contributed by atoms with E-state index in [1.807, 2.05) is 13.8 Å². The van der Waals surface area contributed by atoms with Gasteiger partial charge in [0.1, 0.15) is 6.73 Å². The third-order valence-electron chi connectivity index (χ3n) is 3.83. The van der Waals surface area contributed by atoms with Crippen molar-refractivity contribution < 1.29 is 14.6 Å². The summed E-state index contributed by atoms with van der Waals surface area (Å²) in [5, 5.41) is 11.5. The standard InChI is InChI=1S/C16H25N5O4/c1-3-5-11(6-4-2)14(23)19-16-18-13-12(15(24)20-16)17-9-21(13)10-25-8-7-22/h9,11,22H,3-8,10H2,1-2H3,(H2,18,19,20,23,24). The summed E-state index contributed by atoms with van der Waals surface area (Å²) < 4.78 is 6.78. The zero-order chi connectivity index (χ0) is 18.2. The number of nitrogens with one attached hydrogen (secondary N) is 2. The first kappa shape index (κ1) is 19.1. The fourth-order valence-electron chi connectivity index (χ4n) is 2.66. The molecule has 0 aliphatic heterocycles. The molecule has 1 amide bonds. The number of carbonyl (C=O) groups excluding carboxylic acids is 1. The lowest BCUT2D eigenvalue weighted by molar-refractivity contribution is -0.120. The van der Waals surface area contributed by atoms with Crippen LogP contribution in [0.25, 0.3) is 11.2 Å². The highest BCUT2D eigenvalue weighted by molar-refractivity contribution is 5.91. The molecule has 2 rings (SSSR count). The third-order valence-corrected chi connectivity index (χ3v) is 3.83. The van der Waals surface area contributed by atoms with Crippen LogP contribution in [-0.2, 0) is 16.3 Å². The summed E-state index contributed by atoms with van der Waals surface area (Å²) in [5.74, 6) is -0.147. The smallest absolute Gasteiger partial charge is 0.280 e. The number of aliphatic hydroxyl groups is 1. The van der Waals surface area contributed by atoms with Crippen LogP contribution in [0, 0.1) is 5.92 Å². The molecule has 9 heteroatoms. The van der Waals surface area contributed by atoms with Gasteiger partial charge in [-0.05, 0) is 12.8 Å². The fourth-order valence-corrected chi connectivity index (χ4v) is 2.66. The van der Waals surface area contributed by atoms with Gasteiger partial charge >= 0.3 is 0 Å². The Hall–Kier alpha value is -2.26. The Labute approximate surface area is 145 Å². The van der Waals surface area contributed by atoms with Crippen LogP contribution in [0.15, 0.2) is 11.1 Å². The minimum Gasteiger partial charge on any atom is -0.394 e. The molecule has 25 heavy (non-hydrogen) atoms. The molecule has 138 valence electrons. The Bertz CT molecular complexity index is 749. The van der Waals surface area contributed by atoms with Crippen molar-refractivity contribution in [2.75, 3.05) is 18.5 Å². The fraction of sp³-hybridized carbons (Fsp3) is 0.625. The maximum Gasteiger partial charge on any atom is 0.280 e. The van der Waals surface area contributed by atoms with Crippen LogP contribution in [-0.4, -0.2) is 43.7 Å². The SMILES string of the molecule is CCCC(CCC)C(=O)Nc1nc2c(ncn2COCCO)c(=O)[nH]1. The number of imidazole rings is 1. The van der Waals surface area contributed by atoms with Gasteiger partial charge in [-0.1, -0.05) is 26.7 Å². The molecule has 9 nitrogen and oxygen atoms in total. The zero-order valence-electron chi connectivity index (χ0n) is 14.6. The number of rotatable bonds is 10. The van der Waals surface area contributed by atoms with Crippen molar-refractivity contribution in [3.05, 3.63) is 16.7 Å². The van der Waals surface area contributed by atoms with Crippen molar-refractivity contribution in [2.45, 2.75) is 46.3 Å². The van der Waals surface area contributed by atoms with Gasteiger partial charge in [-0.3, -0.25) is 24.5 Å². The molecule has 0 saturated carbocycles. The molecule has 2 aromatic rings. The Morgan fingerprint density at radius 1 is 1.40 bits per heavy atom. The van der Waals surface area contributed by atoms with E-state index in [0.29, 0.717) is 5.65 Å². The summed E-state index contributed by atoms with van der Waals surface area (Å²) >= 11 is 0. The van der Waals surface area contributed by atoms with Gasteiger partial charge in [0.25, 0.3) is 5.56 Å². The van der Waals surface area contributed by atoms with E-state index in [2.05, 4.69) is 20.3 Å². The molecule has 0 atom stereocenters. The molecule has 2 aromatic heterocycles. The molecule has 0 aliphatic carbocycles. The van der Waals surface area contributed by atoms with E-state index in [-0.39, 0.29) is 43.2 Å². The number of aromatic nitrogens is 4. The molecule has 3 N–H and O–H groups in total. The molecule has 0 radical (unpaired) electrons. The Balaban J connectivity index is 2.21. The molecule has 0 unspecified atom stereocenters. The van der Waals surface area contributed by atoms with E-state index in [1.54, 1.807) is 4.57 Å². The van der Waals surface area contributed by atoms with Crippen molar-refractivity contribution >= 4 is 23.0 Å². The predicted octanol–water partition coefficient (Wildman–Crippen LogP) is 1.24. The van der Waals surface area contributed by atoms with Gasteiger partial charge in [0, 0.05) is 5.92 Å². The van der Waals surface area contributed by atoms with Crippen LogP contribution in [0.1, 0.15) is 39.5 Å². The van der Waals surface area contributed by atoms with Gasteiger partial charge in [-0.15, -0.1) is 0 Å². The summed E-state index contributed by atoms with van der Waals surface area (Å²) in [6, 6.07) is 0. The molecular formula is C16H25N5O4. The van der Waals surface area contributed by atoms with Crippen molar-refractivity contribution in [2.24, 2.45) is 5.92 Å². The van der Waals surface area contributed by atoms with Crippen molar-refractivity contribution in [3.8, 4) is 0 Å². The normalized spacial score (nSPS) is 11.4. The molecule has 2 heterocycles. The lowest BCUT2D eigenvalue weighted by Crippen LogP contribution is -2.25. The number of aromatic amines is 1. The topological polar surface area (TPSA) is 122 Å². The second kappa shape index (κ2) is 9.28. The lowest BCUT2D eigenvalue weighted by Gasteiger charge is -2.14. The summed E-state index contributed by atoms with van der Waals surface area (Å²) in [5.41, 5.74) is 0.0625. The quantitative estimate of drug-likeness (QED) is 0.554. The van der Waals surface area contributed by atoms with Gasteiger partial charge in [0.15, 0.2) is 11.2 Å². The van der Waals surface area contributed by atoms with Crippen LogP contribution in [0.3, 0.4) is 0 Å². The lowest BCUT2D eigenvalue weighted by atomic mass is 9.97. The van der Waals surface area contributed by atoms with Crippen LogP contribution >= 0.6 is 0 Å². The van der Waals surface area contributed by atoms with Crippen molar-refractivity contribution in [1.29, 1.82) is 0 Å². The first-order valence-electron chi connectivity index (χ1n) is 8.55. The number of anilines is 1. The van der Waals surface area contributed by atoms with E-state index in [4.69, 9.17) is 9.84 Å². The molecule has 0 saturated heterocycles. The molecule has 0 aliphatic rings. The van der Waals surface area contributed by atoms with Crippen molar-refractivity contribution in [3.63, 3.8) is 0 Å². The monoisotopic (exact) mass is 351 g/mol. The number of hydrogen-bond acceptors (Lipinski definition) is 6. The zero-order valence-corrected chi connectivity index (χ0v) is 14.6. The minimum absolute atomic E-state index is 0.0990. The second-order valence-corrected chi connectivity index (χ2v) is 5.83. The van der Waals surface area contributed by atoms with Gasteiger partial charge < -0.3 is 9.84 Å². The number of fused-ring (bicyclic) bond motifs is 1. The van der Waals surface area contributed by atoms with Crippen LogP contribution < -0.4 is 10.9 Å². The molecule has 0 fully saturated rings. The van der Waals surface area contributed by atoms with Gasteiger partial charge in [-0.2, -0.15) is 4.98 Å². The summed E-state index contributed by atoms with van der Waals surface area (Å²) in [6.45, 7) is 4.25. The molecule has 0 bridgehead atoms. The van der Waals surface area contributed by atoms with Crippen LogP contribution in [0.4, 0.5) is 5.95 Å². The molecule has 0 aromatic carbocycles. The van der Waals surface area contributed by atoms with E-state index in [9.17, 15) is 9.59 Å². The van der Waals surface area contributed by atoms with E-state index in [1.165, 1.54) is 6.33 Å². The van der Waals surface area contributed by atoms with Crippen molar-refractivity contribution in [1.82, 2.24) is 19.5 Å². The Morgan fingerprint density at radius 3 is 2.76 bits per heavy atom. The average Bonchev–Trinajstić information content (AvgIpc) is 2.98. The number of ether oxygens (including phenoxy) is 1. The summed E-state index contributed by atoms with van der Waals surface area (Å²) in [4.78, 5) is 35.4. The maximum absolute atomic E-state index is 12.4. The first-order chi connectivity index (χ1) is 12.1. The number of aliphatic hydroxyl groups excluding tert-OH is 1. The van der Waals surface area contributed by atoms with Gasteiger partial charge in [0.2, 0.25) is 11.9 Å². The predicted molar refractivity (Wildman–Crippen MR) is 93.1 cm³/mol. The Morgan fingerprint density at radius 2 is 2.12 bits per heavy atom. The molecular weight excluding hydrogens is 326 g/mol. The van der Waals surface area contributed by atoms with E-state index in [0.717, 1.165) is 25.7 Å². The number of carbonyl (C=O) groups is 1. The number of H-pyrrole nitrogens is 1. The Kier molecular flexibility index (Phi) is 7.08. The molecule has 0 spiro atoms. The summed E-state index contributed by atoms with van der Waals surface area (Å²) in [6.07, 6.45) is 4.84. The highest BCUT2D eigenvalue weighted by atomic mass is 16.5. The third kappa shape index (κ3) is 4.86. The van der Waals surface area contributed by atoms with Gasteiger partial charge in [0.05, 0.1) is 19.5 Å². The number of hydrogen-bond donors (Lipinski definition) is 3. The minimum atomic E-state index is -0.427. The maximum atomic E-state index is 12.4. The highest BCUT2D eigenvalue weighted by Crippen LogP contribution is 2.16. The van der Waals surface area contributed by atoms with Gasteiger partial charge in [-0.25, -0.2) is 4.98 Å². The van der Waals surface area contributed by atoms with E-state index < -0.39 is 5.56 Å². The van der Waals surface area contributed by atoms with Crippen LogP contribution in [0.5, 0.6) is 0 Å². The number of nitrogens with zero attached hydrogens (tertiary/aromatic N) is 3. The second-order valence-electron chi connectivity index (χ2n) is 5.83. The van der Waals surface area contributed by atoms with Crippen LogP contribution in [0.2, 0.25) is 0 Å². The first-order valence-corrected chi connectivity index (χ1v) is 8.55. The number of amides is 1. The highest BCUT2D eigenvalue weighted by Gasteiger charge is 2.18. The average molecular weight is 351 g/mol. The largest absolute Gasteiger partial charge is 0.394 e. The van der Waals surface area contributed by atoms with E-state index >= 15 is 0 Å². The summed E-state index contributed by atoms with van der Waals surface area (Å²) in [7, 11) is 0.